The van der Waals surface area contributed by atoms with Crippen LogP contribution in [0, 0.1) is 0 Å². The zero-order chi connectivity index (χ0) is 24.2. The highest BCUT2D eigenvalue weighted by Crippen LogP contribution is 2.31. The van der Waals surface area contributed by atoms with E-state index in [2.05, 4.69) is 10.4 Å². The molecule has 0 saturated heterocycles. The Hall–Kier alpha value is -3.69. The van der Waals surface area contributed by atoms with E-state index in [9.17, 15) is 14.4 Å². The topological polar surface area (TPSA) is 99.5 Å². The summed E-state index contributed by atoms with van der Waals surface area (Å²) in [4.78, 5) is 38.9. The van der Waals surface area contributed by atoms with Crippen molar-refractivity contribution in [1.82, 2.24) is 9.78 Å². The minimum absolute atomic E-state index is 0.0258. The van der Waals surface area contributed by atoms with E-state index in [0.29, 0.717) is 32.4 Å². The summed E-state index contributed by atoms with van der Waals surface area (Å²) >= 11 is 7.30. The van der Waals surface area contributed by atoms with E-state index < -0.39 is 11.5 Å². The Morgan fingerprint density at radius 1 is 1.18 bits per heavy atom. The number of aromatic nitrogens is 2. The van der Waals surface area contributed by atoms with Crippen LogP contribution in [0.2, 0.25) is 5.02 Å². The Morgan fingerprint density at radius 3 is 2.71 bits per heavy atom. The van der Waals surface area contributed by atoms with Crippen LogP contribution in [0.3, 0.4) is 0 Å². The number of nitrogens with zero attached hydrogens (tertiary/aromatic N) is 2. The number of ether oxygens (including phenoxy) is 2. The third kappa shape index (κ3) is 4.66. The number of methoxy groups -OCH3 is 1. The lowest BCUT2D eigenvalue weighted by atomic mass is 10.1. The van der Waals surface area contributed by atoms with Crippen LogP contribution in [-0.4, -0.2) is 35.4 Å². The Bertz CT molecular complexity index is 1450. The van der Waals surface area contributed by atoms with Crippen LogP contribution in [0.15, 0.2) is 58.7 Å². The molecule has 0 spiro atoms. The van der Waals surface area contributed by atoms with Crippen LogP contribution < -0.4 is 15.6 Å². The smallest absolute Gasteiger partial charge is 0.359 e. The minimum Gasteiger partial charge on any atom is -0.497 e. The van der Waals surface area contributed by atoms with Gasteiger partial charge in [0.25, 0.3) is 5.56 Å². The number of hydrogen-bond donors (Lipinski definition) is 1. The van der Waals surface area contributed by atoms with Crippen molar-refractivity contribution in [3.63, 3.8) is 0 Å². The second-order valence-electron chi connectivity index (χ2n) is 7.16. The summed E-state index contributed by atoms with van der Waals surface area (Å²) in [5.74, 6) is -0.503. The highest BCUT2D eigenvalue weighted by Gasteiger charge is 2.23. The number of esters is 1. The van der Waals surface area contributed by atoms with Gasteiger partial charge in [0, 0.05) is 21.9 Å². The molecular weight excluding hydrogens is 478 g/mol. The van der Waals surface area contributed by atoms with E-state index >= 15 is 0 Å². The van der Waals surface area contributed by atoms with Crippen molar-refractivity contribution >= 4 is 50.6 Å². The summed E-state index contributed by atoms with van der Waals surface area (Å²) in [5, 5.41) is 9.93. The van der Waals surface area contributed by atoms with Crippen molar-refractivity contribution < 1.29 is 19.1 Å². The van der Waals surface area contributed by atoms with Crippen molar-refractivity contribution in [2.45, 2.75) is 13.3 Å². The first-order valence-corrected chi connectivity index (χ1v) is 11.6. The summed E-state index contributed by atoms with van der Waals surface area (Å²) in [6.45, 7) is 1.83. The zero-order valence-electron chi connectivity index (χ0n) is 18.3. The standard InChI is InChI=1S/C24H20ClN3O5S/c1-3-33-24(31)21-17-13-34-22(26-19(29)11-14-7-4-5-10-18(14)25)20(17)23(30)28(27-21)15-8-6-9-16(12-15)32-2/h4-10,12-13H,3,11H2,1-2H3,(H,26,29). The first kappa shape index (κ1) is 23.5. The maximum absolute atomic E-state index is 13.5. The van der Waals surface area contributed by atoms with Gasteiger partial charge >= 0.3 is 5.97 Å². The summed E-state index contributed by atoms with van der Waals surface area (Å²) in [6, 6.07) is 13.7. The molecule has 0 radical (unpaired) electrons. The normalized spacial score (nSPS) is 10.8. The lowest BCUT2D eigenvalue weighted by Crippen LogP contribution is -2.25. The number of thiophene rings is 1. The number of rotatable bonds is 7. The summed E-state index contributed by atoms with van der Waals surface area (Å²) in [7, 11) is 1.51. The molecule has 0 saturated carbocycles. The molecule has 1 amide bonds. The van der Waals surface area contributed by atoms with E-state index in [-0.39, 0.29) is 30.0 Å². The molecule has 2 aromatic heterocycles. The molecule has 8 nitrogen and oxygen atoms in total. The number of anilines is 1. The van der Waals surface area contributed by atoms with Gasteiger partial charge in [-0.15, -0.1) is 11.3 Å². The maximum atomic E-state index is 13.5. The molecule has 0 aliphatic heterocycles. The van der Waals surface area contributed by atoms with E-state index in [0.717, 1.165) is 16.0 Å². The van der Waals surface area contributed by atoms with Gasteiger partial charge in [-0.25, -0.2) is 4.79 Å². The second-order valence-corrected chi connectivity index (χ2v) is 8.44. The van der Waals surface area contributed by atoms with Gasteiger partial charge in [0.15, 0.2) is 5.69 Å². The van der Waals surface area contributed by atoms with E-state index in [4.69, 9.17) is 21.1 Å². The number of hydrogen-bond acceptors (Lipinski definition) is 7. The number of nitrogens with one attached hydrogen (secondary N) is 1. The van der Waals surface area contributed by atoms with Gasteiger partial charge in [0.05, 0.1) is 31.2 Å². The van der Waals surface area contributed by atoms with Crippen molar-refractivity contribution in [3.05, 3.63) is 80.5 Å². The molecule has 2 aromatic carbocycles. The molecular formula is C24H20ClN3O5S. The highest BCUT2D eigenvalue weighted by atomic mass is 35.5. The number of amides is 1. The van der Waals surface area contributed by atoms with E-state index in [1.165, 1.54) is 7.11 Å². The molecule has 0 aliphatic rings. The first-order chi connectivity index (χ1) is 16.4. The molecule has 0 fully saturated rings. The molecule has 34 heavy (non-hydrogen) atoms. The predicted octanol–water partition coefficient (Wildman–Crippen LogP) is 4.47. The van der Waals surface area contributed by atoms with Gasteiger partial charge in [-0.3, -0.25) is 9.59 Å². The second kappa shape index (κ2) is 10.1. The molecule has 4 aromatic rings. The molecule has 4 rings (SSSR count). The van der Waals surface area contributed by atoms with Crippen LogP contribution in [0.25, 0.3) is 16.5 Å². The quantitative estimate of drug-likeness (QED) is 0.378. The maximum Gasteiger partial charge on any atom is 0.359 e. The van der Waals surface area contributed by atoms with Gasteiger partial charge in [0.2, 0.25) is 5.91 Å². The van der Waals surface area contributed by atoms with Gasteiger partial charge in [-0.05, 0) is 30.7 Å². The average molecular weight is 498 g/mol. The monoisotopic (exact) mass is 497 g/mol. The number of benzene rings is 2. The van der Waals surface area contributed by atoms with Crippen LogP contribution in [-0.2, 0) is 16.0 Å². The lowest BCUT2D eigenvalue weighted by molar-refractivity contribution is -0.115. The summed E-state index contributed by atoms with van der Waals surface area (Å²) in [6.07, 6.45) is 0.0267. The van der Waals surface area contributed by atoms with Crippen LogP contribution in [0.4, 0.5) is 5.00 Å². The molecule has 0 atom stereocenters. The highest BCUT2D eigenvalue weighted by molar-refractivity contribution is 7.16. The van der Waals surface area contributed by atoms with Crippen LogP contribution in [0.1, 0.15) is 23.0 Å². The summed E-state index contributed by atoms with van der Waals surface area (Å²) in [5.41, 5.74) is 0.536. The minimum atomic E-state index is -0.670. The van der Waals surface area contributed by atoms with Crippen molar-refractivity contribution in [2.24, 2.45) is 0 Å². The number of fused-ring (bicyclic) bond motifs is 1. The Labute approximate surface area is 203 Å². The fourth-order valence-corrected chi connectivity index (χ4v) is 4.55. The largest absolute Gasteiger partial charge is 0.497 e. The van der Waals surface area contributed by atoms with E-state index in [1.807, 2.05) is 0 Å². The molecule has 174 valence electrons. The van der Waals surface area contributed by atoms with Gasteiger partial charge in [0.1, 0.15) is 10.8 Å². The Kier molecular flexibility index (Phi) is 6.95. The zero-order valence-corrected chi connectivity index (χ0v) is 19.9. The molecule has 1 N–H and O–H groups in total. The molecule has 2 heterocycles. The number of carbonyl (C=O) groups is 2. The van der Waals surface area contributed by atoms with Gasteiger partial charge in [-0.1, -0.05) is 35.9 Å². The number of carbonyl (C=O) groups excluding carboxylic acids is 2. The van der Waals surface area contributed by atoms with Crippen LogP contribution >= 0.6 is 22.9 Å². The SMILES string of the molecule is CCOC(=O)c1nn(-c2cccc(OC)c2)c(=O)c2c(NC(=O)Cc3ccccc3Cl)scc12. The molecule has 10 heteroatoms. The lowest BCUT2D eigenvalue weighted by Gasteiger charge is -2.11. The number of halogens is 1. The molecule has 0 unspecified atom stereocenters. The molecule has 0 bridgehead atoms. The van der Waals surface area contributed by atoms with E-state index in [1.54, 1.807) is 60.8 Å². The fourth-order valence-electron chi connectivity index (χ4n) is 3.39. The van der Waals surface area contributed by atoms with Crippen molar-refractivity contribution in [3.8, 4) is 11.4 Å². The average Bonchev–Trinajstić information content (AvgIpc) is 3.25. The third-order valence-electron chi connectivity index (χ3n) is 4.98. The first-order valence-electron chi connectivity index (χ1n) is 10.3. The van der Waals surface area contributed by atoms with Gasteiger partial charge < -0.3 is 14.8 Å². The fraction of sp³-hybridized carbons (Fsp3) is 0.167. The predicted molar refractivity (Wildman–Crippen MR) is 132 cm³/mol. The Morgan fingerprint density at radius 2 is 1.97 bits per heavy atom. The molecule has 0 aliphatic carbocycles. The third-order valence-corrected chi connectivity index (χ3v) is 6.25. The van der Waals surface area contributed by atoms with Gasteiger partial charge in [-0.2, -0.15) is 9.78 Å². The Balaban J connectivity index is 1.82. The van der Waals surface area contributed by atoms with Crippen molar-refractivity contribution in [2.75, 3.05) is 19.0 Å². The van der Waals surface area contributed by atoms with Crippen molar-refractivity contribution in [1.29, 1.82) is 0 Å². The van der Waals surface area contributed by atoms with Crippen LogP contribution in [0.5, 0.6) is 5.75 Å². The summed E-state index contributed by atoms with van der Waals surface area (Å²) < 4.78 is 11.5.